The molecular weight excluding hydrogens is 350 g/mol. The summed E-state index contributed by atoms with van der Waals surface area (Å²) in [7, 11) is 1.72. The minimum atomic E-state index is 0.0376. The van der Waals surface area contributed by atoms with Crippen LogP contribution in [0.4, 0.5) is 5.69 Å². The van der Waals surface area contributed by atoms with Crippen LogP contribution in [0.1, 0.15) is 31.9 Å². The second-order valence-electron chi connectivity index (χ2n) is 6.41. The molecule has 23 heavy (non-hydrogen) atoms. The van der Waals surface area contributed by atoms with E-state index in [0.717, 1.165) is 25.3 Å². The number of rotatable bonds is 7. The maximum atomic E-state index is 5.45. The third-order valence-electron chi connectivity index (χ3n) is 3.80. The molecule has 0 N–H and O–H groups in total. The first-order valence-electron chi connectivity index (χ1n) is 8.07. The zero-order valence-electron chi connectivity index (χ0n) is 14.5. The van der Waals surface area contributed by atoms with Crippen LogP contribution in [0.15, 0.2) is 48.5 Å². The number of hydrogen-bond acceptors (Lipinski definition) is 2. The van der Waals surface area contributed by atoms with Gasteiger partial charge in [0.05, 0.1) is 7.11 Å². The zero-order chi connectivity index (χ0) is 16.9. The largest absolute Gasteiger partial charge is 0.497 e. The van der Waals surface area contributed by atoms with E-state index >= 15 is 0 Å². The van der Waals surface area contributed by atoms with Gasteiger partial charge in [0.1, 0.15) is 5.75 Å². The minimum Gasteiger partial charge on any atom is -0.497 e. The fourth-order valence-electron chi connectivity index (χ4n) is 2.75. The summed E-state index contributed by atoms with van der Waals surface area (Å²) in [6.45, 7) is 8.41. The Kier molecular flexibility index (Phi) is 6.11. The Morgan fingerprint density at radius 1 is 1.09 bits per heavy atom. The Morgan fingerprint density at radius 2 is 1.78 bits per heavy atom. The molecule has 0 aliphatic carbocycles. The molecule has 2 aromatic carbocycles. The minimum absolute atomic E-state index is 0.0376. The van der Waals surface area contributed by atoms with Gasteiger partial charge in [0.2, 0.25) is 0 Å². The summed E-state index contributed by atoms with van der Waals surface area (Å²) in [5.74, 6) is 0.905. The molecule has 0 aliphatic heterocycles. The van der Waals surface area contributed by atoms with E-state index in [1.54, 1.807) is 7.11 Å². The Hall–Kier alpha value is -1.48. The second kappa shape index (κ2) is 7.87. The molecule has 0 fully saturated rings. The number of nitrogens with zero attached hydrogens (tertiary/aromatic N) is 1. The highest BCUT2D eigenvalue weighted by atomic mass is 79.9. The lowest BCUT2D eigenvalue weighted by Gasteiger charge is -2.32. The third-order valence-corrected chi connectivity index (χ3v) is 4.05. The smallest absolute Gasteiger partial charge is 0.120 e. The number of halogens is 1. The lowest BCUT2D eigenvalue weighted by molar-refractivity contribution is 0.414. The van der Waals surface area contributed by atoms with Gasteiger partial charge in [-0.05, 0) is 37.5 Å². The van der Waals surface area contributed by atoms with Crippen LogP contribution in [-0.2, 0) is 13.0 Å². The van der Waals surface area contributed by atoms with Crippen molar-refractivity contribution in [1.29, 1.82) is 0 Å². The highest BCUT2D eigenvalue weighted by Gasteiger charge is 2.21. The van der Waals surface area contributed by atoms with E-state index in [9.17, 15) is 0 Å². The van der Waals surface area contributed by atoms with Gasteiger partial charge >= 0.3 is 0 Å². The molecular formula is C20H26BrNO. The van der Waals surface area contributed by atoms with Crippen LogP contribution in [0.3, 0.4) is 0 Å². The quantitative estimate of drug-likeness (QED) is 0.597. The zero-order valence-corrected chi connectivity index (χ0v) is 16.1. The number of ether oxygens (including phenoxy) is 1. The van der Waals surface area contributed by atoms with E-state index in [2.05, 4.69) is 84.1 Å². The molecule has 3 heteroatoms. The van der Waals surface area contributed by atoms with E-state index in [-0.39, 0.29) is 4.32 Å². The van der Waals surface area contributed by atoms with Crippen molar-refractivity contribution in [1.82, 2.24) is 0 Å². The van der Waals surface area contributed by atoms with E-state index in [4.69, 9.17) is 4.74 Å². The SMILES string of the molecule is CCc1ccc(OC)cc1N(Cc1ccccc1)CC(C)(C)Br. The van der Waals surface area contributed by atoms with Crippen LogP contribution in [0.2, 0.25) is 0 Å². The van der Waals surface area contributed by atoms with Gasteiger partial charge in [-0.3, -0.25) is 0 Å². The maximum absolute atomic E-state index is 5.45. The fraction of sp³-hybridized carbons (Fsp3) is 0.400. The lowest BCUT2D eigenvalue weighted by Crippen LogP contribution is -2.35. The van der Waals surface area contributed by atoms with Crippen LogP contribution in [0.5, 0.6) is 5.75 Å². The van der Waals surface area contributed by atoms with E-state index in [1.807, 2.05) is 6.07 Å². The molecule has 0 bridgehead atoms. The molecule has 2 rings (SSSR count). The van der Waals surface area contributed by atoms with Crippen molar-refractivity contribution in [3.8, 4) is 5.75 Å². The van der Waals surface area contributed by atoms with Crippen molar-refractivity contribution < 1.29 is 4.74 Å². The van der Waals surface area contributed by atoms with Crippen LogP contribution in [-0.4, -0.2) is 18.0 Å². The average molecular weight is 376 g/mol. The summed E-state index contributed by atoms with van der Waals surface area (Å²) < 4.78 is 5.48. The molecule has 0 unspecified atom stereocenters. The molecule has 0 atom stereocenters. The van der Waals surface area contributed by atoms with Crippen LogP contribution in [0.25, 0.3) is 0 Å². The summed E-state index contributed by atoms with van der Waals surface area (Å²) in [6.07, 6.45) is 1.01. The molecule has 0 radical (unpaired) electrons. The Morgan fingerprint density at radius 3 is 2.35 bits per heavy atom. The van der Waals surface area contributed by atoms with E-state index in [0.29, 0.717) is 0 Å². The van der Waals surface area contributed by atoms with Crippen LogP contribution in [0, 0.1) is 0 Å². The van der Waals surface area contributed by atoms with Crippen molar-refractivity contribution >= 4 is 21.6 Å². The van der Waals surface area contributed by atoms with Gasteiger partial charge in [-0.1, -0.05) is 59.3 Å². The molecule has 0 spiro atoms. The fourth-order valence-corrected chi connectivity index (χ4v) is 3.05. The van der Waals surface area contributed by atoms with Crippen molar-refractivity contribution in [3.63, 3.8) is 0 Å². The van der Waals surface area contributed by atoms with Crippen molar-refractivity contribution in [2.75, 3.05) is 18.6 Å². The van der Waals surface area contributed by atoms with Gasteiger partial charge in [-0.15, -0.1) is 0 Å². The van der Waals surface area contributed by atoms with Gasteiger partial charge in [0.15, 0.2) is 0 Å². The maximum Gasteiger partial charge on any atom is 0.120 e. The molecule has 0 aliphatic rings. The first-order valence-corrected chi connectivity index (χ1v) is 8.87. The highest BCUT2D eigenvalue weighted by Crippen LogP contribution is 2.31. The van der Waals surface area contributed by atoms with E-state index in [1.165, 1.54) is 16.8 Å². The van der Waals surface area contributed by atoms with Gasteiger partial charge in [-0.25, -0.2) is 0 Å². The molecule has 0 saturated heterocycles. The Balaban J connectivity index is 2.40. The molecule has 2 nitrogen and oxygen atoms in total. The number of benzene rings is 2. The number of anilines is 1. The first kappa shape index (κ1) is 17.9. The standard InChI is InChI=1S/C20H26BrNO/c1-5-17-11-12-18(23-4)13-19(17)22(15-20(2,3)21)14-16-9-7-6-8-10-16/h6-13H,5,14-15H2,1-4H3. The van der Waals surface area contributed by atoms with Crippen molar-refractivity contribution in [2.45, 2.75) is 38.1 Å². The summed E-state index contributed by atoms with van der Waals surface area (Å²) in [5.41, 5.74) is 3.91. The van der Waals surface area contributed by atoms with Gasteiger partial charge in [0, 0.05) is 29.2 Å². The average Bonchev–Trinajstić information content (AvgIpc) is 2.53. The number of hydrogen-bond donors (Lipinski definition) is 0. The van der Waals surface area contributed by atoms with E-state index < -0.39 is 0 Å². The van der Waals surface area contributed by atoms with Gasteiger partial charge in [0.25, 0.3) is 0 Å². The summed E-state index contributed by atoms with van der Waals surface area (Å²) in [4.78, 5) is 2.44. The molecule has 2 aromatic rings. The predicted octanol–water partition coefficient (Wildman–Crippen LogP) is 5.44. The number of methoxy groups -OCH3 is 1. The predicted molar refractivity (Wildman–Crippen MR) is 103 cm³/mol. The topological polar surface area (TPSA) is 12.5 Å². The Bertz CT molecular complexity index is 619. The highest BCUT2D eigenvalue weighted by molar-refractivity contribution is 9.10. The second-order valence-corrected chi connectivity index (χ2v) is 8.56. The van der Waals surface area contributed by atoms with Crippen molar-refractivity contribution in [2.24, 2.45) is 0 Å². The number of aryl methyl sites for hydroxylation is 1. The molecule has 0 amide bonds. The van der Waals surface area contributed by atoms with Crippen molar-refractivity contribution in [3.05, 3.63) is 59.7 Å². The van der Waals surface area contributed by atoms with Crippen LogP contribution < -0.4 is 9.64 Å². The molecule has 124 valence electrons. The lowest BCUT2D eigenvalue weighted by atomic mass is 10.1. The molecule has 0 saturated carbocycles. The van der Waals surface area contributed by atoms with Crippen LogP contribution >= 0.6 is 15.9 Å². The monoisotopic (exact) mass is 375 g/mol. The normalized spacial score (nSPS) is 11.3. The van der Waals surface area contributed by atoms with Gasteiger partial charge < -0.3 is 9.64 Å². The Labute approximate surface area is 148 Å². The summed E-state index contributed by atoms with van der Waals surface area (Å²) in [5, 5.41) is 0. The summed E-state index contributed by atoms with van der Waals surface area (Å²) >= 11 is 3.80. The third kappa shape index (κ3) is 5.28. The van der Waals surface area contributed by atoms with Gasteiger partial charge in [-0.2, -0.15) is 0 Å². The first-order chi connectivity index (χ1) is 10.9. The summed E-state index contributed by atoms with van der Waals surface area (Å²) in [6, 6.07) is 17.0. The molecule has 0 heterocycles. The molecule has 0 aromatic heterocycles. The number of alkyl halides is 1.